The second-order valence-corrected chi connectivity index (χ2v) is 10.5. The Morgan fingerprint density at radius 2 is 1.88 bits per heavy atom. The number of nitrogens with zero attached hydrogens (tertiary/aromatic N) is 3. The summed E-state index contributed by atoms with van der Waals surface area (Å²) in [5.41, 5.74) is 7.64. The molecule has 3 rings (SSSR count). The van der Waals surface area contributed by atoms with Gasteiger partial charge in [0, 0.05) is 44.3 Å². The summed E-state index contributed by atoms with van der Waals surface area (Å²) in [6.07, 6.45) is 2.59. The van der Waals surface area contributed by atoms with Crippen LogP contribution in [0.15, 0.2) is 18.2 Å². The van der Waals surface area contributed by atoms with E-state index in [4.69, 9.17) is 10.5 Å². The van der Waals surface area contributed by atoms with Gasteiger partial charge in [0.25, 0.3) is 5.91 Å². The van der Waals surface area contributed by atoms with E-state index in [0.29, 0.717) is 5.75 Å². The Bertz CT molecular complexity index is 764. The fraction of sp³-hybridized carbons (Fsp3) is 0.720. The number of primary amides is 1. The number of nitrogens with two attached hydrogens (primary N) is 1. The number of carbonyl (C=O) groups excluding carboxylic acids is 1. The van der Waals surface area contributed by atoms with Gasteiger partial charge in [-0.25, -0.2) is 0 Å². The molecular weight excluding hydrogens is 404 g/mol. The first kappa shape index (κ1) is 25.0. The average Bonchev–Trinajstić information content (AvgIpc) is 3.04. The summed E-state index contributed by atoms with van der Waals surface area (Å²) < 4.78 is 5.74. The van der Waals surface area contributed by atoms with E-state index in [1.165, 1.54) is 5.56 Å². The number of rotatable bonds is 6. The van der Waals surface area contributed by atoms with Gasteiger partial charge in [-0.3, -0.25) is 14.6 Å². The van der Waals surface area contributed by atoms with Crippen LogP contribution in [0.4, 0.5) is 0 Å². The van der Waals surface area contributed by atoms with Crippen molar-refractivity contribution >= 4 is 5.91 Å². The highest BCUT2D eigenvalue weighted by atomic mass is 16.5. The zero-order valence-corrected chi connectivity index (χ0v) is 20.3. The van der Waals surface area contributed by atoms with Crippen LogP contribution in [0.25, 0.3) is 0 Å². The number of aliphatic hydroxyl groups is 1. The molecule has 32 heavy (non-hydrogen) atoms. The van der Waals surface area contributed by atoms with Crippen molar-refractivity contribution in [1.82, 2.24) is 14.7 Å². The molecule has 0 aromatic heterocycles. The Kier molecular flexibility index (Phi) is 8.55. The highest BCUT2D eigenvalue weighted by Gasteiger charge is 2.31. The maximum absolute atomic E-state index is 11.3. The predicted octanol–water partition coefficient (Wildman–Crippen LogP) is 1.81. The van der Waals surface area contributed by atoms with Crippen LogP contribution < -0.4 is 10.5 Å². The Balaban J connectivity index is 1.71. The smallest absolute Gasteiger partial charge is 0.255 e. The van der Waals surface area contributed by atoms with E-state index in [2.05, 4.69) is 54.7 Å². The van der Waals surface area contributed by atoms with Crippen LogP contribution in [0, 0.1) is 0 Å². The second kappa shape index (κ2) is 11.0. The van der Waals surface area contributed by atoms with Gasteiger partial charge in [-0.1, -0.05) is 32.9 Å². The zero-order chi connectivity index (χ0) is 23.3. The predicted molar refractivity (Wildman–Crippen MR) is 128 cm³/mol. The summed E-state index contributed by atoms with van der Waals surface area (Å²) in [6, 6.07) is 6.44. The van der Waals surface area contributed by atoms with Crippen LogP contribution in [-0.4, -0.2) is 90.8 Å². The summed E-state index contributed by atoms with van der Waals surface area (Å²) in [5, 5.41) is 10.9. The van der Waals surface area contributed by atoms with Gasteiger partial charge in [-0.15, -0.1) is 0 Å². The van der Waals surface area contributed by atoms with Crippen LogP contribution in [0.3, 0.4) is 0 Å². The lowest BCUT2D eigenvalue weighted by Gasteiger charge is -2.32. The van der Waals surface area contributed by atoms with Crippen molar-refractivity contribution in [3.8, 4) is 5.75 Å². The Labute approximate surface area is 193 Å². The van der Waals surface area contributed by atoms with Crippen LogP contribution in [0.2, 0.25) is 0 Å². The van der Waals surface area contributed by atoms with E-state index >= 15 is 0 Å². The summed E-state index contributed by atoms with van der Waals surface area (Å²) in [5.74, 6) is 0.244. The molecule has 1 aromatic rings. The van der Waals surface area contributed by atoms with Gasteiger partial charge in [-0.2, -0.15) is 0 Å². The van der Waals surface area contributed by atoms with E-state index in [1.807, 2.05) is 6.07 Å². The largest absolute Gasteiger partial charge is 0.483 e. The highest BCUT2D eigenvalue weighted by molar-refractivity contribution is 5.75. The van der Waals surface area contributed by atoms with Crippen LogP contribution in [0.1, 0.15) is 51.2 Å². The molecule has 7 heteroatoms. The third-order valence-corrected chi connectivity index (χ3v) is 6.84. The van der Waals surface area contributed by atoms with Gasteiger partial charge in [0.2, 0.25) is 0 Å². The van der Waals surface area contributed by atoms with E-state index in [0.717, 1.165) is 70.6 Å². The number of likely N-dealkylation sites (tertiary alicyclic amines) is 1. The molecule has 2 aliphatic rings. The SMILES string of the molecule is CN1CCCN([C@H]2CCN(Cc3cc(C(C)(C)C)ccc3OCC(N)=O)CC[C@@H]2O)CC1. The minimum absolute atomic E-state index is 0.0248. The molecule has 0 unspecified atom stereocenters. The molecule has 0 bridgehead atoms. The fourth-order valence-corrected chi connectivity index (χ4v) is 4.81. The maximum atomic E-state index is 11.3. The normalized spacial score (nSPS) is 24.7. The molecule has 3 N–H and O–H groups in total. The molecule has 2 aliphatic heterocycles. The van der Waals surface area contributed by atoms with Crippen LogP contribution >= 0.6 is 0 Å². The number of hydrogen-bond donors (Lipinski definition) is 2. The maximum Gasteiger partial charge on any atom is 0.255 e. The summed E-state index contributed by atoms with van der Waals surface area (Å²) >= 11 is 0. The molecule has 1 amide bonds. The first-order valence-electron chi connectivity index (χ1n) is 12.0. The Hall–Kier alpha value is -1.67. The summed E-state index contributed by atoms with van der Waals surface area (Å²) in [6.45, 7) is 13.3. The molecule has 180 valence electrons. The number of aliphatic hydroxyl groups excluding tert-OH is 1. The Morgan fingerprint density at radius 3 is 2.59 bits per heavy atom. The topological polar surface area (TPSA) is 82.3 Å². The number of carbonyl (C=O) groups is 1. The number of amides is 1. The van der Waals surface area contributed by atoms with Gasteiger partial charge in [0.1, 0.15) is 5.75 Å². The molecule has 2 fully saturated rings. The molecule has 2 saturated heterocycles. The van der Waals surface area contributed by atoms with Crippen molar-refractivity contribution in [2.24, 2.45) is 5.73 Å². The molecular formula is C25H42N4O3. The van der Waals surface area contributed by atoms with E-state index in [9.17, 15) is 9.90 Å². The lowest BCUT2D eigenvalue weighted by molar-refractivity contribution is -0.119. The first-order valence-corrected chi connectivity index (χ1v) is 12.0. The second-order valence-electron chi connectivity index (χ2n) is 10.5. The first-order chi connectivity index (χ1) is 15.1. The molecule has 0 saturated carbocycles. The molecule has 1 aromatic carbocycles. The third kappa shape index (κ3) is 6.91. The number of ether oxygens (including phenoxy) is 1. The minimum atomic E-state index is -0.473. The Morgan fingerprint density at radius 1 is 1.12 bits per heavy atom. The van der Waals surface area contributed by atoms with Crippen LogP contribution in [0.5, 0.6) is 5.75 Å². The quantitative estimate of drug-likeness (QED) is 0.694. The monoisotopic (exact) mass is 446 g/mol. The van der Waals surface area contributed by atoms with Gasteiger partial charge < -0.3 is 20.5 Å². The standard InChI is InChI=1S/C25H42N4O3/c1-25(2,3)20-6-7-23(32-18-24(26)31)19(16-20)17-28-12-8-21(22(30)9-13-28)29-11-5-10-27(4)14-15-29/h6-7,16,21-22,30H,5,8-15,17-18H2,1-4H3,(H2,26,31)/t21-,22-/m0/s1. The number of benzene rings is 1. The van der Waals surface area contributed by atoms with E-state index in [-0.39, 0.29) is 24.2 Å². The highest BCUT2D eigenvalue weighted by Crippen LogP contribution is 2.30. The van der Waals surface area contributed by atoms with Gasteiger partial charge in [-0.05, 0) is 56.4 Å². The summed E-state index contributed by atoms with van der Waals surface area (Å²) in [4.78, 5) is 18.6. The number of hydrogen-bond acceptors (Lipinski definition) is 6. The molecule has 2 heterocycles. The number of likely N-dealkylation sites (N-methyl/N-ethyl adjacent to an activating group) is 1. The van der Waals surface area contributed by atoms with Gasteiger partial charge in [0.05, 0.1) is 6.10 Å². The molecule has 0 spiro atoms. The van der Waals surface area contributed by atoms with Crippen molar-refractivity contribution < 1.29 is 14.6 Å². The fourth-order valence-electron chi connectivity index (χ4n) is 4.81. The van der Waals surface area contributed by atoms with Crippen molar-refractivity contribution in [2.45, 2.75) is 64.1 Å². The van der Waals surface area contributed by atoms with Gasteiger partial charge in [0.15, 0.2) is 6.61 Å². The molecule has 7 nitrogen and oxygen atoms in total. The van der Waals surface area contributed by atoms with Crippen molar-refractivity contribution in [3.63, 3.8) is 0 Å². The minimum Gasteiger partial charge on any atom is -0.483 e. The zero-order valence-electron chi connectivity index (χ0n) is 20.3. The summed E-state index contributed by atoms with van der Waals surface area (Å²) in [7, 11) is 2.18. The van der Waals surface area contributed by atoms with Crippen molar-refractivity contribution in [3.05, 3.63) is 29.3 Å². The van der Waals surface area contributed by atoms with Crippen molar-refractivity contribution in [2.75, 3.05) is 52.9 Å². The third-order valence-electron chi connectivity index (χ3n) is 6.84. The molecule has 0 radical (unpaired) electrons. The molecule has 2 atom stereocenters. The van der Waals surface area contributed by atoms with Crippen molar-refractivity contribution in [1.29, 1.82) is 0 Å². The molecule has 0 aliphatic carbocycles. The van der Waals surface area contributed by atoms with Crippen LogP contribution in [-0.2, 0) is 16.8 Å². The lowest BCUT2D eigenvalue weighted by Crippen LogP contribution is -2.45. The lowest BCUT2D eigenvalue weighted by atomic mass is 9.86. The average molecular weight is 447 g/mol. The van der Waals surface area contributed by atoms with Gasteiger partial charge >= 0.3 is 0 Å². The van der Waals surface area contributed by atoms with E-state index < -0.39 is 5.91 Å². The van der Waals surface area contributed by atoms with E-state index in [1.54, 1.807) is 0 Å².